The summed E-state index contributed by atoms with van der Waals surface area (Å²) in [5.74, 6) is 0. The largest absolute Gasteiger partial charge is 0.416 e. The van der Waals surface area contributed by atoms with Crippen LogP contribution in [-0.4, -0.2) is 18.9 Å². The summed E-state index contributed by atoms with van der Waals surface area (Å²) < 4.78 is 41.6. The highest BCUT2D eigenvalue weighted by molar-refractivity contribution is 5.36. The molecule has 1 unspecified atom stereocenters. The lowest BCUT2D eigenvalue weighted by molar-refractivity contribution is -0.0903. The van der Waals surface area contributed by atoms with Crippen molar-refractivity contribution in [3.63, 3.8) is 0 Å². The van der Waals surface area contributed by atoms with Gasteiger partial charge in [-0.15, -0.1) is 0 Å². The van der Waals surface area contributed by atoms with Crippen LogP contribution in [0.25, 0.3) is 0 Å². The third kappa shape index (κ3) is 1.96. The van der Waals surface area contributed by atoms with Crippen LogP contribution in [0.3, 0.4) is 0 Å². The van der Waals surface area contributed by atoms with Gasteiger partial charge in [0.15, 0.2) is 5.60 Å². The van der Waals surface area contributed by atoms with Crippen molar-refractivity contribution in [1.82, 2.24) is 0 Å². The zero-order valence-electron chi connectivity index (χ0n) is 7.43. The summed E-state index contributed by atoms with van der Waals surface area (Å²) in [7, 11) is 1.22. The molecule has 1 rings (SSSR count). The molecule has 0 amide bonds. The number of nitrogens with zero attached hydrogens (tertiary/aromatic N) is 1. The summed E-state index contributed by atoms with van der Waals surface area (Å²) in [4.78, 5) is 0. The molecule has 0 radical (unpaired) electrons. The topological polar surface area (TPSA) is 33.0 Å². The summed E-state index contributed by atoms with van der Waals surface area (Å²) in [6.07, 6.45) is -1.24. The molecule has 0 fully saturated rings. The lowest BCUT2D eigenvalue weighted by Crippen LogP contribution is -2.30. The first-order chi connectivity index (χ1) is 6.43. The Balaban J connectivity index is 3.06. The third-order valence-corrected chi connectivity index (χ3v) is 1.99. The van der Waals surface area contributed by atoms with Gasteiger partial charge in [-0.05, 0) is 6.08 Å². The number of hydrogen-bond acceptors (Lipinski definition) is 2. The van der Waals surface area contributed by atoms with Crippen LogP contribution in [-0.2, 0) is 4.74 Å². The van der Waals surface area contributed by atoms with Crippen molar-refractivity contribution in [3.05, 3.63) is 23.8 Å². The number of rotatable bonds is 1. The lowest BCUT2D eigenvalue weighted by atomic mass is 9.92. The molecule has 0 saturated carbocycles. The van der Waals surface area contributed by atoms with E-state index in [4.69, 9.17) is 10.00 Å². The molecule has 0 aromatic carbocycles. The average Bonchev–Trinajstić information content (AvgIpc) is 2.16. The molecule has 0 aliphatic heterocycles. The van der Waals surface area contributed by atoms with Crippen LogP contribution in [0.2, 0.25) is 0 Å². The Labute approximate surface area is 79.3 Å². The molecule has 5 heteroatoms. The van der Waals surface area contributed by atoms with Crippen LogP contribution in [0.1, 0.15) is 6.42 Å². The Bertz CT molecular complexity index is 324. The van der Waals surface area contributed by atoms with E-state index in [0.29, 0.717) is 0 Å². The maximum atomic E-state index is 12.3. The fraction of sp³-hybridized carbons (Fsp3) is 0.444. The van der Waals surface area contributed by atoms with Gasteiger partial charge in [0, 0.05) is 13.5 Å². The minimum absolute atomic E-state index is 0.138. The SMILES string of the molecule is COC1(C#N)C=C(C(F)(F)F)C=CC1. The second-order valence-corrected chi connectivity index (χ2v) is 2.91. The molecule has 1 aliphatic rings. The molecule has 0 N–H and O–H groups in total. The first-order valence-electron chi connectivity index (χ1n) is 3.86. The molecule has 0 saturated heterocycles. The van der Waals surface area contributed by atoms with Crippen LogP contribution in [0, 0.1) is 11.3 Å². The van der Waals surface area contributed by atoms with Gasteiger partial charge in [0.05, 0.1) is 5.57 Å². The van der Waals surface area contributed by atoms with E-state index in [9.17, 15) is 13.2 Å². The smallest absolute Gasteiger partial charge is 0.359 e. The normalized spacial score (nSPS) is 26.9. The number of nitriles is 1. The summed E-state index contributed by atoms with van der Waals surface area (Å²) in [5.41, 5.74) is -2.31. The summed E-state index contributed by atoms with van der Waals surface area (Å²) in [6.45, 7) is 0. The van der Waals surface area contributed by atoms with E-state index >= 15 is 0 Å². The molecule has 0 aromatic heterocycles. The van der Waals surface area contributed by atoms with Crippen molar-refractivity contribution in [2.75, 3.05) is 7.11 Å². The summed E-state index contributed by atoms with van der Waals surface area (Å²) in [5, 5.41) is 8.70. The number of ether oxygens (including phenoxy) is 1. The van der Waals surface area contributed by atoms with E-state index in [1.54, 1.807) is 6.07 Å². The van der Waals surface area contributed by atoms with Gasteiger partial charge in [0.2, 0.25) is 0 Å². The van der Waals surface area contributed by atoms with Gasteiger partial charge in [0.25, 0.3) is 0 Å². The van der Waals surface area contributed by atoms with Crippen LogP contribution in [0.5, 0.6) is 0 Å². The highest BCUT2D eigenvalue weighted by Crippen LogP contribution is 2.33. The Morgan fingerprint density at radius 3 is 2.64 bits per heavy atom. The Morgan fingerprint density at radius 2 is 2.21 bits per heavy atom. The zero-order chi connectivity index (χ0) is 10.8. The van der Waals surface area contributed by atoms with Gasteiger partial charge in [0.1, 0.15) is 6.07 Å². The van der Waals surface area contributed by atoms with Gasteiger partial charge < -0.3 is 4.74 Å². The first-order valence-corrected chi connectivity index (χ1v) is 3.86. The zero-order valence-corrected chi connectivity index (χ0v) is 7.43. The van der Waals surface area contributed by atoms with E-state index in [1.165, 1.54) is 13.2 Å². The van der Waals surface area contributed by atoms with Gasteiger partial charge in [-0.3, -0.25) is 0 Å². The van der Waals surface area contributed by atoms with E-state index < -0.39 is 17.4 Å². The van der Waals surface area contributed by atoms with Crippen molar-refractivity contribution in [2.24, 2.45) is 0 Å². The van der Waals surface area contributed by atoms with Crippen molar-refractivity contribution in [3.8, 4) is 6.07 Å². The Kier molecular flexibility index (Phi) is 2.67. The standard InChI is InChI=1S/C9H8F3NO/c1-14-8(6-13)4-2-3-7(5-8)9(10,11)12/h2-3,5H,4H2,1H3. The van der Waals surface area contributed by atoms with Crippen LogP contribution >= 0.6 is 0 Å². The highest BCUT2D eigenvalue weighted by atomic mass is 19.4. The predicted molar refractivity (Wildman–Crippen MR) is 43.2 cm³/mol. The van der Waals surface area contributed by atoms with Crippen molar-refractivity contribution in [1.29, 1.82) is 5.26 Å². The number of hydrogen-bond donors (Lipinski definition) is 0. The monoisotopic (exact) mass is 203 g/mol. The summed E-state index contributed by atoms with van der Waals surface area (Å²) >= 11 is 0. The van der Waals surface area contributed by atoms with Crippen LogP contribution in [0.4, 0.5) is 13.2 Å². The van der Waals surface area contributed by atoms with E-state index in [2.05, 4.69) is 0 Å². The molecule has 76 valence electrons. The fourth-order valence-electron chi connectivity index (χ4n) is 1.16. The van der Waals surface area contributed by atoms with Gasteiger partial charge in [-0.2, -0.15) is 18.4 Å². The molecular formula is C9H8F3NO. The first kappa shape index (κ1) is 10.8. The van der Waals surface area contributed by atoms with Crippen molar-refractivity contribution in [2.45, 2.75) is 18.2 Å². The quantitative estimate of drug-likeness (QED) is 0.655. The van der Waals surface area contributed by atoms with E-state index in [1.807, 2.05) is 0 Å². The molecule has 1 atom stereocenters. The van der Waals surface area contributed by atoms with Crippen LogP contribution in [0.15, 0.2) is 23.8 Å². The van der Waals surface area contributed by atoms with Gasteiger partial charge in [-0.1, -0.05) is 12.2 Å². The van der Waals surface area contributed by atoms with Crippen LogP contribution < -0.4 is 0 Å². The molecule has 1 aliphatic carbocycles. The number of halogens is 3. The molecule has 0 aromatic rings. The lowest BCUT2D eigenvalue weighted by Gasteiger charge is -2.24. The highest BCUT2D eigenvalue weighted by Gasteiger charge is 2.38. The van der Waals surface area contributed by atoms with Crippen molar-refractivity contribution < 1.29 is 17.9 Å². The number of methoxy groups -OCH3 is 1. The second kappa shape index (κ2) is 3.46. The molecule has 2 nitrogen and oxygen atoms in total. The average molecular weight is 203 g/mol. The van der Waals surface area contributed by atoms with E-state index in [0.717, 1.165) is 12.2 Å². The van der Waals surface area contributed by atoms with Crippen molar-refractivity contribution >= 4 is 0 Å². The Hall–Kier alpha value is -1.28. The number of allylic oxidation sites excluding steroid dienone is 2. The summed E-state index contributed by atoms with van der Waals surface area (Å²) in [6, 6.07) is 1.72. The van der Waals surface area contributed by atoms with Gasteiger partial charge >= 0.3 is 6.18 Å². The molecule has 0 bridgehead atoms. The maximum absolute atomic E-state index is 12.3. The molecular weight excluding hydrogens is 195 g/mol. The number of alkyl halides is 3. The fourth-order valence-corrected chi connectivity index (χ4v) is 1.16. The molecule has 0 heterocycles. The van der Waals surface area contributed by atoms with E-state index in [-0.39, 0.29) is 6.42 Å². The van der Waals surface area contributed by atoms with Gasteiger partial charge in [-0.25, -0.2) is 0 Å². The predicted octanol–water partition coefficient (Wildman–Crippen LogP) is 2.34. The minimum atomic E-state index is -4.43. The minimum Gasteiger partial charge on any atom is -0.359 e. The molecule has 0 spiro atoms. The maximum Gasteiger partial charge on any atom is 0.416 e. The molecule has 14 heavy (non-hydrogen) atoms. The Morgan fingerprint density at radius 1 is 1.57 bits per heavy atom. The second-order valence-electron chi connectivity index (χ2n) is 2.91. The third-order valence-electron chi connectivity index (χ3n) is 1.99.